The van der Waals surface area contributed by atoms with Gasteiger partial charge in [0.15, 0.2) is 0 Å². The smallest absolute Gasteiger partial charge is 0.262 e. The second kappa shape index (κ2) is 8.26. The Morgan fingerprint density at radius 3 is 2.28 bits per heavy atom. The van der Waals surface area contributed by atoms with Crippen LogP contribution in [0.3, 0.4) is 0 Å². The highest BCUT2D eigenvalue weighted by atomic mass is 35.5. The number of nitrogens with zero attached hydrogens (tertiary/aromatic N) is 3. The predicted octanol–water partition coefficient (Wildman–Crippen LogP) is 4.36. The molecule has 0 aliphatic heterocycles. The SMILES string of the molecule is Cc1cc(N(C)C)nc(Nc2ccc(NS(=O)(=O)c3cccc(Cl)c3C)cc2)n1. The van der Waals surface area contributed by atoms with E-state index in [0.29, 0.717) is 22.2 Å². The summed E-state index contributed by atoms with van der Waals surface area (Å²) in [5, 5.41) is 3.54. The number of nitrogens with one attached hydrogen (secondary N) is 2. The summed E-state index contributed by atoms with van der Waals surface area (Å²) in [5.41, 5.74) is 2.52. The average molecular weight is 432 g/mol. The van der Waals surface area contributed by atoms with Crippen molar-refractivity contribution in [2.75, 3.05) is 29.0 Å². The van der Waals surface area contributed by atoms with Crippen molar-refractivity contribution in [3.05, 3.63) is 64.8 Å². The van der Waals surface area contributed by atoms with Gasteiger partial charge in [0.05, 0.1) is 4.90 Å². The molecule has 1 heterocycles. The van der Waals surface area contributed by atoms with Crippen molar-refractivity contribution in [3.63, 3.8) is 0 Å². The van der Waals surface area contributed by atoms with Gasteiger partial charge >= 0.3 is 0 Å². The molecule has 0 fully saturated rings. The van der Waals surface area contributed by atoms with Gasteiger partial charge in [-0.1, -0.05) is 17.7 Å². The van der Waals surface area contributed by atoms with Gasteiger partial charge in [-0.3, -0.25) is 4.72 Å². The molecule has 3 rings (SSSR count). The highest BCUT2D eigenvalue weighted by Gasteiger charge is 2.18. The minimum Gasteiger partial charge on any atom is -0.363 e. The van der Waals surface area contributed by atoms with Crippen LogP contribution >= 0.6 is 11.6 Å². The van der Waals surface area contributed by atoms with Crippen molar-refractivity contribution >= 4 is 44.8 Å². The molecular weight excluding hydrogens is 410 g/mol. The maximum Gasteiger partial charge on any atom is 0.262 e. The quantitative estimate of drug-likeness (QED) is 0.603. The van der Waals surface area contributed by atoms with Gasteiger partial charge in [-0.25, -0.2) is 13.4 Å². The summed E-state index contributed by atoms with van der Waals surface area (Å²) in [5.74, 6) is 1.26. The molecule has 2 N–H and O–H groups in total. The van der Waals surface area contributed by atoms with E-state index >= 15 is 0 Å². The minimum absolute atomic E-state index is 0.150. The standard InChI is InChI=1S/C20H22ClN5O2S/c1-13-12-19(26(3)4)24-20(22-13)23-15-8-10-16(11-9-15)25-29(27,28)18-7-5-6-17(21)14(18)2/h5-12,25H,1-4H3,(H,22,23,24). The zero-order chi connectivity index (χ0) is 21.2. The molecule has 1 aromatic heterocycles. The Balaban J connectivity index is 1.78. The van der Waals surface area contributed by atoms with E-state index in [2.05, 4.69) is 20.0 Å². The molecule has 3 aromatic rings. The van der Waals surface area contributed by atoms with E-state index in [1.54, 1.807) is 43.3 Å². The number of benzene rings is 2. The summed E-state index contributed by atoms with van der Waals surface area (Å²) in [4.78, 5) is 10.9. The monoisotopic (exact) mass is 431 g/mol. The Kier molecular flexibility index (Phi) is 5.95. The van der Waals surface area contributed by atoms with Crippen molar-refractivity contribution in [3.8, 4) is 0 Å². The van der Waals surface area contributed by atoms with E-state index in [4.69, 9.17) is 11.6 Å². The first-order chi connectivity index (χ1) is 13.7. The van der Waals surface area contributed by atoms with Gasteiger partial charge < -0.3 is 10.2 Å². The number of anilines is 4. The molecule has 9 heteroatoms. The Hall–Kier alpha value is -2.84. The molecule has 0 saturated carbocycles. The summed E-state index contributed by atoms with van der Waals surface area (Å²) in [6.07, 6.45) is 0. The molecule has 0 spiro atoms. The fourth-order valence-corrected chi connectivity index (χ4v) is 4.23. The molecule has 0 bridgehead atoms. The molecule has 2 aromatic carbocycles. The maximum absolute atomic E-state index is 12.7. The molecule has 0 unspecified atom stereocenters. The van der Waals surface area contributed by atoms with Crippen molar-refractivity contribution in [1.29, 1.82) is 0 Å². The van der Waals surface area contributed by atoms with E-state index in [1.165, 1.54) is 6.07 Å². The first-order valence-corrected chi connectivity index (χ1v) is 10.7. The highest BCUT2D eigenvalue weighted by Crippen LogP contribution is 2.25. The molecule has 152 valence electrons. The second-order valence-corrected chi connectivity index (χ2v) is 8.81. The third kappa shape index (κ3) is 4.96. The first-order valence-electron chi connectivity index (χ1n) is 8.84. The molecular formula is C20H22ClN5O2S. The third-order valence-electron chi connectivity index (χ3n) is 4.20. The van der Waals surface area contributed by atoms with Crippen LogP contribution in [0.1, 0.15) is 11.3 Å². The molecule has 0 atom stereocenters. The lowest BCUT2D eigenvalue weighted by Gasteiger charge is -2.14. The largest absolute Gasteiger partial charge is 0.363 e. The fraction of sp³-hybridized carbons (Fsp3) is 0.200. The molecule has 0 radical (unpaired) electrons. The van der Waals surface area contributed by atoms with Gasteiger partial charge in [-0.05, 0) is 55.8 Å². The lowest BCUT2D eigenvalue weighted by molar-refractivity contribution is 0.600. The van der Waals surface area contributed by atoms with Crippen LogP contribution in [0.2, 0.25) is 5.02 Å². The van der Waals surface area contributed by atoms with Crippen molar-refractivity contribution in [2.24, 2.45) is 0 Å². The number of aryl methyl sites for hydroxylation is 1. The van der Waals surface area contributed by atoms with Gasteiger partial charge in [0.25, 0.3) is 10.0 Å². The third-order valence-corrected chi connectivity index (χ3v) is 6.13. The molecule has 0 amide bonds. The second-order valence-electron chi connectivity index (χ2n) is 6.76. The van der Waals surface area contributed by atoms with E-state index in [0.717, 1.165) is 17.2 Å². The number of sulfonamides is 1. The van der Waals surface area contributed by atoms with E-state index in [9.17, 15) is 8.42 Å². The summed E-state index contributed by atoms with van der Waals surface area (Å²) < 4.78 is 27.9. The van der Waals surface area contributed by atoms with Crippen molar-refractivity contribution in [2.45, 2.75) is 18.7 Å². The van der Waals surface area contributed by atoms with Crippen molar-refractivity contribution in [1.82, 2.24) is 9.97 Å². The minimum atomic E-state index is -3.74. The topological polar surface area (TPSA) is 87.2 Å². The molecule has 0 aliphatic rings. The number of aromatic nitrogens is 2. The van der Waals surface area contributed by atoms with Crippen LogP contribution in [-0.2, 0) is 10.0 Å². The van der Waals surface area contributed by atoms with Crippen LogP contribution in [0.25, 0.3) is 0 Å². The van der Waals surface area contributed by atoms with Gasteiger partial charge in [0.2, 0.25) is 5.95 Å². The number of halogens is 1. The average Bonchev–Trinajstić information content (AvgIpc) is 2.64. The molecule has 7 nitrogen and oxygen atoms in total. The summed E-state index contributed by atoms with van der Waals surface area (Å²) in [6.45, 7) is 3.57. The normalized spacial score (nSPS) is 11.2. The van der Waals surface area contributed by atoms with E-state index in [-0.39, 0.29) is 4.90 Å². The fourth-order valence-electron chi connectivity index (χ4n) is 2.68. The molecule has 29 heavy (non-hydrogen) atoms. The van der Waals surface area contributed by atoms with Crippen LogP contribution in [0.15, 0.2) is 53.4 Å². The van der Waals surface area contributed by atoms with E-state index in [1.807, 2.05) is 32.0 Å². The highest BCUT2D eigenvalue weighted by molar-refractivity contribution is 7.92. The Bertz CT molecular complexity index is 1130. The maximum atomic E-state index is 12.7. The lowest BCUT2D eigenvalue weighted by Crippen LogP contribution is -2.14. The Labute approximate surface area is 175 Å². The van der Waals surface area contributed by atoms with E-state index < -0.39 is 10.0 Å². The van der Waals surface area contributed by atoms with Crippen LogP contribution in [0.5, 0.6) is 0 Å². The van der Waals surface area contributed by atoms with Gasteiger partial charge in [0.1, 0.15) is 5.82 Å². The number of hydrogen-bond donors (Lipinski definition) is 2. The van der Waals surface area contributed by atoms with Crippen LogP contribution in [0.4, 0.5) is 23.1 Å². The van der Waals surface area contributed by atoms with Gasteiger partial charge in [-0.2, -0.15) is 4.98 Å². The van der Waals surface area contributed by atoms with Gasteiger partial charge in [-0.15, -0.1) is 0 Å². The van der Waals surface area contributed by atoms with Crippen LogP contribution < -0.4 is 14.9 Å². The zero-order valence-corrected chi connectivity index (χ0v) is 18.1. The lowest BCUT2D eigenvalue weighted by atomic mass is 10.2. The summed E-state index contributed by atoms with van der Waals surface area (Å²) in [7, 11) is 0.0775. The Morgan fingerprint density at radius 1 is 0.966 bits per heavy atom. The number of rotatable bonds is 6. The Morgan fingerprint density at radius 2 is 1.62 bits per heavy atom. The van der Waals surface area contributed by atoms with Gasteiger partial charge in [0, 0.05) is 42.3 Å². The van der Waals surface area contributed by atoms with Crippen LogP contribution in [0, 0.1) is 13.8 Å². The van der Waals surface area contributed by atoms with Crippen molar-refractivity contribution < 1.29 is 8.42 Å². The predicted molar refractivity (Wildman–Crippen MR) is 118 cm³/mol. The summed E-state index contributed by atoms with van der Waals surface area (Å²) in [6, 6.07) is 13.5. The zero-order valence-electron chi connectivity index (χ0n) is 16.6. The molecule has 0 saturated heterocycles. The first kappa shape index (κ1) is 20.9. The number of hydrogen-bond acceptors (Lipinski definition) is 6. The van der Waals surface area contributed by atoms with Crippen LogP contribution in [-0.4, -0.2) is 32.5 Å². The summed E-state index contributed by atoms with van der Waals surface area (Å²) >= 11 is 6.05. The molecule has 0 aliphatic carbocycles.